The number of rotatable bonds is 9. The largest absolute Gasteiger partial charge is 0.412 e. The Morgan fingerprint density at radius 1 is 1.04 bits per heavy atom. The van der Waals surface area contributed by atoms with E-state index in [4.69, 9.17) is 0 Å². The molecule has 0 spiro atoms. The van der Waals surface area contributed by atoms with E-state index in [0.717, 1.165) is 12.3 Å². The summed E-state index contributed by atoms with van der Waals surface area (Å²) in [6.45, 7) is -5.14. The molecule has 1 rings (SSSR count). The second kappa shape index (κ2) is 8.84. The van der Waals surface area contributed by atoms with Crippen molar-refractivity contribution in [2.45, 2.75) is 18.9 Å². The number of H-pyrrole nitrogens is 1. The lowest BCUT2D eigenvalue weighted by atomic mass is 10.6. The molecule has 0 aliphatic carbocycles. The zero-order valence-corrected chi connectivity index (χ0v) is 13.7. The van der Waals surface area contributed by atoms with Crippen molar-refractivity contribution in [3.8, 4) is 0 Å². The topological polar surface area (TPSA) is 99.6 Å². The van der Waals surface area contributed by atoms with Crippen molar-refractivity contribution in [1.82, 2.24) is 9.55 Å². The van der Waals surface area contributed by atoms with E-state index in [1.165, 1.54) is 0 Å². The molecule has 0 amide bonds. The first-order chi connectivity index (χ1) is 11.8. The average molecular weight is 414 g/mol. The Morgan fingerprint density at radius 3 is 2.04 bits per heavy atom. The van der Waals surface area contributed by atoms with Gasteiger partial charge in [-0.05, 0) is 0 Å². The maximum Gasteiger partial charge on any atom is 0.412 e. The van der Waals surface area contributed by atoms with Crippen LogP contribution in [0.2, 0.25) is 0 Å². The standard InChI is InChI=1S/C11H13F6N2O6P/c12-10(13,14)5-24-26(22,25-6-11(15,16)17)7-23-4-3-19-8(20)1-2-18-9(19)21/h1-2H,3-7H2,(H,18,21). The second-order valence-corrected chi connectivity index (χ2v) is 6.69. The number of aromatic nitrogens is 2. The number of aromatic amines is 1. The van der Waals surface area contributed by atoms with Gasteiger partial charge in [0.05, 0.1) is 13.2 Å². The first kappa shape index (κ1) is 22.4. The molecule has 150 valence electrons. The SMILES string of the molecule is O=c1cc[nH]c(=O)n1CCOCP(=O)(OCC(F)(F)F)OCC(F)(F)F. The Kier molecular flexibility index (Phi) is 7.62. The highest BCUT2D eigenvalue weighted by molar-refractivity contribution is 7.53. The molecule has 0 saturated heterocycles. The molecule has 1 heterocycles. The predicted molar refractivity (Wildman–Crippen MR) is 73.8 cm³/mol. The third-order valence-electron chi connectivity index (χ3n) is 2.50. The molecule has 0 aromatic carbocycles. The van der Waals surface area contributed by atoms with Gasteiger partial charge in [0.25, 0.3) is 5.56 Å². The summed E-state index contributed by atoms with van der Waals surface area (Å²) in [5.74, 6) is 0. The normalized spacial score (nSPS) is 13.2. The number of halogens is 6. The van der Waals surface area contributed by atoms with E-state index < -0.39 is 63.9 Å². The van der Waals surface area contributed by atoms with Crippen molar-refractivity contribution in [2.24, 2.45) is 0 Å². The maximum absolute atomic E-state index is 12.1. The van der Waals surface area contributed by atoms with Crippen LogP contribution in [-0.2, 0) is 24.9 Å². The molecule has 15 heteroatoms. The maximum atomic E-state index is 12.1. The lowest BCUT2D eigenvalue weighted by Crippen LogP contribution is -2.35. The highest BCUT2D eigenvalue weighted by atomic mass is 31.2. The number of ether oxygens (including phenoxy) is 1. The third kappa shape index (κ3) is 8.65. The number of nitrogens with one attached hydrogen (secondary N) is 1. The van der Waals surface area contributed by atoms with Gasteiger partial charge in [-0.15, -0.1) is 0 Å². The van der Waals surface area contributed by atoms with E-state index in [9.17, 15) is 40.5 Å². The average Bonchev–Trinajstić information content (AvgIpc) is 2.49. The number of hydrogen-bond donors (Lipinski definition) is 1. The van der Waals surface area contributed by atoms with Gasteiger partial charge >= 0.3 is 25.6 Å². The molecular formula is C11H13F6N2O6P. The van der Waals surface area contributed by atoms with Gasteiger partial charge in [0.15, 0.2) is 13.2 Å². The summed E-state index contributed by atoms with van der Waals surface area (Å²) in [5.41, 5.74) is -1.53. The molecule has 8 nitrogen and oxygen atoms in total. The van der Waals surface area contributed by atoms with Gasteiger partial charge in [0, 0.05) is 12.3 Å². The molecule has 0 aliphatic rings. The number of hydrogen-bond acceptors (Lipinski definition) is 6. The van der Waals surface area contributed by atoms with Crippen LogP contribution in [0.25, 0.3) is 0 Å². The Balaban J connectivity index is 2.66. The van der Waals surface area contributed by atoms with Crippen molar-refractivity contribution in [2.75, 3.05) is 26.2 Å². The molecule has 1 aromatic heterocycles. The Morgan fingerprint density at radius 2 is 1.58 bits per heavy atom. The van der Waals surface area contributed by atoms with Crippen molar-refractivity contribution in [3.63, 3.8) is 0 Å². The second-order valence-electron chi connectivity index (χ2n) is 4.70. The zero-order chi connectivity index (χ0) is 20.0. The highest BCUT2D eigenvalue weighted by Gasteiger charge is 2.38. The minimum atomic E-state index is -4.96. The molecule has 0 radical (unpaired) electrons. The van der Waals surface area contributed by atoms with E-state index in [1.54, 1.807) is 0 Å². The highest BCUT2D eigenvalue weighted by Crippen LogP contribution is 2.50. The molecule has 0 saturated carbocycles. The van der Waals surface area contributed by atoms with Gasteiger partial charge in [-0.3, -0.25) is 23.0 Å². The fraction of sp³-hybridized carbons (Fsp3) is 0.636. The van der Waals surface area contributed by atoms with Gasteiger partial charge in [0.2, 0.25) is 0 Å². The molecule has 0 unspecified atom stereocenters. The summed E-state index contributed by atoms with van der Waals surface area (Å²) in [7, 11) is -4.89. The van der Waals surface area contributed by atoms with Crippen LogP contribution in [0.3, 0.4) is 0 Å². The molecule has 0 fully saturated rings. The molecule has 0 bridgehead atoms. The van der Waals surface area contributed by atoms with Gasteiger partial charge in [-0.25, -0.2) is 4.79 Å². The predicted octanol–water partition coefficient (Wildman–Crippen LogP) is 1.86. The van der Waals surface area contributed by atoms with Crippen LogP contribution in [0.5, 0.6) is 0 Å². The monoisotopic (exact) mass is 414 g/mol. The molecule has 0 atom stereocenters. The van der Waals surface area contributed by atoms with Crippen LogP contribution in [0.4, 0.5) is 26.3 Å². The Labute approximate surface area is 141 Å². The third-order valence-corrected chi connectivity index (χ3v) is 4.05. The first-order valence-electron chi connectivity index (χ1n) is 6.69. The van der Waals surface area contributed by atoms with Gasteiger partial charge in [-0.1, -0.05) is 0 Å². The summed E-state index contributed by atoms with van der Waals surface area (Å²) in [4.78, 5) is 24.9. The van der Waals surface area contributed by atoms with Crippen molar-refractivity contribution >= 4 is 7.60 Å². The molecular weight excluding hydrogens is 401 g/mol. The van der Waals surface area contributed by atoms with Crippen LogP contribution in [0.15, 0.2) is 21.9 Å². The van der Waals surface area contributed by atoms with Crippen molar-refractivity contribution in [3.05, 3.63) is 33.1 Å². The molecule has 0 aliphatic heterocycles. The summed E-state index contributed by atoms with van der Waals surface area (Å²) in [5, 5.41) is 0. The number of nitrogens with zero attached hydrogens (tertiary/aromatic N) is 1. The fourth-order valence-corrected chi connectivity index (χ4v) is 2.71. The van der Waals surface area contributed by atoms with Crippen LogP contribution < -0.4 is 11.2 Å². The minimum Gasteiger partial charge on any atom is -0.367 e. The van der Waals surface area contributed by atoms with E-state index in [2.05, 4.69) is 18.8 Å². The van der Waals surface area contributed by atoms with Crippen molar-refractivity contribution in [1.29, 1.82) is 0 Å². The fourth-order valence-electron chi connectivity index (χ4n) is 1.45. The van der Waals surface area contributed by atoms with E-state index in [1.807, 2.05) is 0 Å². The van der Waals surface area contributed by atoms with Gasteiger partial charge < -0.3 is 9.72 Å². The lowest BCUT2D eigenvalue weighted by Gasteiger charge is -2.20. The summed E-state index contributed by atoms with van der Waals surface area (Å²) >= 11 is 0. The van der Waals surface area contributed by atoms with Crippen molar-refractivity contribution < 1.29 is 44.7 Å². The van der Waals surface area contributed by atoms with Gasteiger partial charge in [0.1, 0.15) is 6.35 Å². The van der Waals surface area contributed by atoms with E-state index in [0.29, 0.717) is 4.57 Å². The van der Waals surface area contributed by atoms with Crippen LogP contribution in [0, 0.1) is 0 Å². The zero-order valence-electron chi connectivity index (χ0n) is 12.8. The Hall–Kier alpha value is -1.63. The molecule has 1 N–H and O–H groups in total. The smallest absolute Gasteiger partial charge is 0.367 e. The van der Waals surface area contributed by atoms with Crippen LogP contribution in [-0.4, -0.2) is 48.1 Å². The summed E-state index contributed by atoms with van der Waals surface area (Å²) < 4.78 is 97.9. The first-order valence-corrected chi connectivity index (χ1v) is 8.42. The van der Waals surface area contributed by atoms with Crippen LogP contribution in [0.1, 0.15) is 0 Å². The lowest BCUT2D eigenvalue weighted by molar-refractivity contribution is -0.166. The number of alkyl halides is 6. The minimum absolute atomic E-state index is 0.395. The Bertz CT molecular complexity index is 692. The van der Waals surface area contributed by atoms with E-state index in [-0.39, 0.29) is 0 Å². The quantitative estimate of drug-likeness (QED) is 0.376. The summed E-state index contributed by atoms with van der Waals surface area (Å²) in [6.07, 6.45) is -10.1. The summed E-state index contributed by atoms with van der Waals surface area (Å²) in [6, 6.07) is 1.01. The van der Waals surface area contributed by atoms with E-state index >= 15 is 0 Å². The molecule has 26 heavy (non-hydrogen) atoms. The van der Waals surface area contributed by atoms with Crippen LogP contribution >= 0.6 is 7.60 Å². The van der Waals surface area contributed by atoms with Gasteiger partial charge in [-0.2, -0.15) is 26.3 Å². The molecule has 1 aromatic rings.